The number of halogens is 1. The standard InChI is InChI=1S/C20H21BrN4O4S/c1-14-13-29-19-9-16(21)5-8-20(19)30(26,27)25(14)12-17-11-24(23-22-17)10-15-3-6-18(28-2)7-4-15/h3-9,11,14H,10,12-13H2,1-2H3/t14-/m1/s1. The van der Waals surface area contributed by atoms with Crippen molar-refractivity contribution in [2.24, 2.45) is 0 Å². The molecule has 2 heterocycles. The summed E-state index contributed by atoms with van der Waals surface area (Å²) in [5, 5.41) is 8.32. The molecule has 3 aromatic rings. The van der Waals surface area contributed by atoms with Gasteiger partial charge in [-0.05, 0) is 42.8 Å². The number of sulfonamides is 1. The summed E-state index contributed by atoms with van der Waals surface area (Å²) >= 11 is 3.36. The molecule has 0 bridgehead atoms. The highest BCUT2D eigenvalue weighted by Gasteiger charge is 2.35. The Bertz CT molecular complexity index is 1150. The Balaban J connectivity index is 1.55. The van der Waals surface area contributed by atoms with Gasteiger partial charge in [0.25, 0.3) is 0 Å². The van der Waals surface area contributed by atoms with Crippen LogP contribution in [0.1, 0.15) is 18.2 Å². The first kappa shape index (κ1) is 20.8. The first-order valence-corrected chi connectivity index (χ1v) is 11.6. The van der Waals surface area contributed by atoms with Gasteiger partial charge in [0.15, 0.2) is 0 Å². The fraction of sp³-hybridized carbons (Fsp3) is 0.300. The molecule has 0 amide bonds. The highest BCUT2D eigenvalue weighted by Crippen LogP contribution is 2.34. The first-order chi connectivity index (χ1) is 14.4. The maximum Gasteiger partial charge on any atom is 0.247 e. The Labute approximate surface area is 183 Å². The zero-order valence-electron chi connectivity index (χ0n) is 16.5. The van der Waals surface area contributed by atoms with Gasteiger partial charge >= 0.3 is 0 Å². The molecular formula is C20H21BrN4O4S. The number of ether oxygens (including phenoxy) is 2. The summed E-state index contributed by atoms with van der Waals surface area (Å²) in [7, 11) is -2.12. The smallest absolute Gasteiger partial charge is 0.247 e. The number of rotatable bonds is 5. The summed E-state index contributed by atoms with van der Waals surface area (Å²) < 4.78 is 41.3. The normalized spacial score (nSPS) is 18.3. The van der Waals surface area contributed by atoms with Crippen LogP contribution in [-0.4, -0.2) is 47.5 Å². The van der Waals surface area contributed by atoms with Crippen molar-refractivity contribution in [2.45, 2.75) is 31.0 Å². The molecule has 30 heavy (non-hydrogen) atoms. The summed E-state index contributed by atoms with van der Waals surface area (Å²) in [6.45, 7) is 2.72. The van der Waals surface area contributed by atoms with Crippen LogP contribution in [0.2, 0.25) is 0 Å². The monoisotopic (exact) mass is 492 g/mol. The molecule has 0 unspecified atom stereocenters. The van der Waals surface area contributed by atoms with Crippen LogP contribution in [0, 0.1) is 0 Å². The topological polar surface area (TPSA) is 86.5 Å². The summed E-state index contributed by atoms with van der Waals surface area (Å²) in [5.74, 6) is 1.13. The fourth-order valence-electron chi connectivity index (χ4n) is 3.27. The average molecular weight is 493 g/mol. The highest BCUT2D eigenvalue weighted by molar-refractivity contribution is 9.10. The van der Waals surface area contributed by atoms with Gasteiger partial charge in [-0.1, -0.05) is 33.3 Å². The van der Waals surface area contributed by atoms with Crippen LogP contribution in [0.3, 0.4) is 0 Å². The van der Waals surface area contributed by atoms with Crippen LogP contribution in [-0.2, 0) is 23.1 Å². The summed E-state index contributed by atoms with van der Waals surface area (Å²) in [6.07, 6.45) is 1.76. The maximum absolute atomic E-state index is 13.3. The second-order valence-corrected chi connectivity index (χ2v) is 9.83. The lowest BCUT2D eigenvalue weighted by Crippen LogP contribution is -2.39. The largest absolute Gasteiger partial charge is 0.497 e. The Kier molecular flexibility index (Phi) is 5.81. The second kappa shape index (κ2) is 8.37. The molecule has 0 saturated heterocycles. The molecule has 0 spiro atoms. The molecule has 0 fully saturated rings. The van der Waals surface area contributed by atoms with E-state index in [4.69, 9.17) is 9.47 Å². The number of fused-ring (bicyclic) bond motifs is 1. The van der Waals surface area contributed by atoms with Gasteiger partial charge in [0, 0.05) is 4.47 Å². The van der Waals surface area contributed by atoms with E-state index < -0.39 is 10.0 Å². The van der Waals surface area contributed by atoms with Crippen molar-refractivity contribution >= 4 is 26.0 Å². The molecule has 8 nitrogen and oxygen atoms in total. The predicted molar refractivity (Wildman–Crippen MR) is 114 cm³/mol. The molecule has 0 saturated carbocycles. The molecule has 10 heteroatoms. The second-order valence-electron chi connectivity index (χ2n) is 7.06. The van der Waals surface area contributed by atoms with E-state index in [0.717, 1.165) is 15.8 Å². The van der Waals surface area contributed by atoms with Crippen LogP contribution >= 0.6 is 15.9 Å². The van der Waals surface area contributed by atoms with Crippen molar-refractivity contribution in [2.75, 3.05) is 13.7 Å². The number of hydrogen-bond acceptors (Lipinski definition) is 6. The van der Waals surface area contributed by atoms with Crippen LogP contribution < -0.4 is 9.47 Å². The number of nitrogens with zero attached hydrogens (tertiary/aromatic N) is 4. The van der Waals surface area contributed by atoms with E-state index in [2.05, 4.69) is 26.2 Å². The Morgan fingerprint density at radius 1 is 1.20 bits per heavy atom. The zero-order valence-corrected chi connectivity index (χ0v) is 18.9. The van der Waals surface area contributed by atoms with Crippen molar-refractivity contribution in [3.8, 4) is 11.5 Å². The fourth-order valence-corrected chi connectivity index (χ4v) is 5.31. The van der Waals surface area contributed by atoms with E-state index in [1.165, 1.54) is 4.31 Å². The number of benzene rings is 2. The molecule has 2 aromatic carbocycles. The van der Waals surface area contributed by atoms with Gasteiger partial charge < -0.3 is 9.47 Å². The van der Waals surface area contributed by atoms with Gasteiger partial charge in [0.2, 0.25) is 10.0 Å². The summed E-state index contributed by atoms with van der Waals surface area (Å²) in [5.41, 5.74) is 1.61. The molecule has 4 rings (SSSR count). The minimum Gasteiger partial charge on any atom is -0.497 e. The summed E-state index contributed by atoms with van der Waals surface area (Å²) in [4.78, 5) is 0.153. The van der Waals surface area contributed by atoms with E-state index in [-0.39, 0.29) is 24.1 Å². The van der Waals surface area contributed by atoms with E-state index in [0.29, 0.717) is 18.0 Å². The molecule has 1 atom stereocenters. The van der Waals surface area contributed by atoms with Gasteiger partial charge in [-0.2, -0.15) is 4.31 Å². The third kappa shape index (κ3) is 4.21. The van der Waals surface area contributed by atoms with E-state index in [1.807, 2.05) is 31.2 Å². The third-order valence-corrected chi connectivity index (χ3v) is 7.36. The quantitative estimate of drug-likeness (QED) is 0.543. The van der Waals surface area contributed by atoms with E-state index >= 15 is 0 Å². The molecule has 1 aliphatic rings. The van der Waals surface area contributed by atoms with Gasteiger partial charge in [-0.25, -0.2) is 13.1 Å². The van der Waals surface area contributed by atoms with Crippen molar-refractivity contribution < 1.29 is 17.9 Å². The molecule has 0 radical (unpaired) electrons. The van der Waals surface area contributed by atoms with Crippen molar-refractivity contribution in [3.05, 3.63) is 64.4 Å². The maximum atomic E-state index is 13.3. The zero-order chi connectivity index (χ0) is 21.3. The number of hydrogen-bond donors (Lipinski definition) is 0. The van der Waals surface area contributed by atoms with Gasteiger partial charge in [0.1, 0.15) is 23.0 Å². The van der Waals surface area contributed by atoms with Gasteiger partial charge in [0.05, 0.1) is 38.1 Å². The molecule has 0 aliphatic carbocycles. The number of methoxy groups -OCH3 is 1. The predicted octanol–water partition coefficient (Wildman–Crippen LogP) is 3.07. The minimum atomic E-state index is -3.74. The molecule has 0 N–H and O–H groups in total. The Hall–Kier alpha value is -2.43. The molecule has 1 aromatic heterocycles. The van der Waals surface area contributed by atoms with Gasteiger partial charge in [-0.15, -0.1) is 5.10 Å². The molecular weight excluding hydrogens is 472 g/mol. The van der Waals surface area contributed by atoms with E-state index in [1.54, 1.807) is 36.2 Å². The van der Waals surface area contributed by atoms with Crippen LogP contribution in [0.4, 0.5) is 0 Å². The van der Waals surface area contributed by atoms with Crippen LogP contribution in [0.15, 0.2) is 58.0 Å². The van der Waals surface area contributed by atoms with Gasteiger partial charge in [-0.3, -0.25) is 0 Å². The lowest BCUT2D eigenvalue weighted by atomic mass is 10.2. The summed E-state index contributed by atoms with van der Waals surface area (Å²) in [6, 6.07) is 12.2. The van der Waals surface area contributed by atoms with E-state index in [9.17, 15) is 8.42 Å². The first-order valence-electron chi connectivity index (χ1n) is 9.33. The SMILES string of the molecule is COc1ccc(Cn2cc(CN3[C@H](C)COc4cc(Br)ccc4S3(=O)=O)nn2)cc1. The third-order valence-electron chi connectivity index (χ3n) is 4.87. The Morgan fingerprint density at radius 2 is 1.97 bits per heavy atom. The lowest BCUT2D eigenvalue weighted by molar-refractivity contribution is 0.219. The lowest BCUT2D eigenvalue weighted by Gasteiger charge is -2.24. The minimum absolute atomic E-state index is 0.116. The van der Waals surface area contributed by atoms with Crippen molar-refractivity contribution in [1.29, 1.82) is 0 Å². The van der Waals surface area contributed by atoms with Crippen molar-refractivity contribution in [1.82, 2.24) is 19.3 Å². The average Bonchev–Trinajstić information content (AvgIpc) is 3.14. The van der Waals surface area contributed by atoms with Crippen LogP contribution in [0.5, 0.6) is 11.5 Å². The van der Waals surface area contributed by atoms with Crippen molar-refractivity contribution in [3.63, 3.8) is 0 Å². The highest BCUT2D eigenvalue weighted by atomic mass is 79.9. The van der Waals surface area contributed by atoms with Crippen LogP contribution in [0.25, 0.3) is 0 Å². The molecule has 1 aliphatic heterocycles. The Morgan fingerprint density at radius 3 is 2.70 bits per heavy atom. The number of aromatic nitrogens is 3. The molecule has 158 valence electrons.